The molecular formula is C6H8N2O4. The Hall–Kier alpha value is -1.59. The third-order valence-electron chi connectivity index (χ3n) is 1.45. The van der Waals surface area contributed by atoms with Gasteiger partial charge in [-0.3, -0.25) is 9.59 Å². The van der Waals surface area contributed by atoms with Gasteiger partial charge in [0.2, 0.25) is 5.91 Å². The molecule has 3 amide bonds. The number of nitrogens with zero attached hydrogens (tertiary/aromatic N) is 1. The molecular weight excluding hydrogens is 164 g/mol. The van der Waals surface area contributed by atoms with Gasteiger partial charge in [-0.15, -0.1) is 0 Å². The molecule has 1 saturated heterocycles. The summed E-state index contributed by atoms with van der Waals surface area (Å²) in [5, 5.41) is 0. The van der Waals surface area contributed by atoms with Crippen LogP contribution in [0.15, 0.2) is 0 Å². The maximum absolute atomic E-state index is 10.7. The number of likely N-dealkylation sites (tertiary alicyclic amines) is 1. The van der Waals surface area contributed by atoms with Crippen LogP contribution in [0.4, 0.5) is 4.79 Å². The highest BCUT2D eigenvalue weighted by molar-refractivity contribution is 5.99. The smallest absolute Gasteiger partial charge is 0.324 e. The van der Waals surface area contributed by atoms with Crippen molar-refractivity contribution in [2.24, 2.45) is 5.73 Å². The fourth-order valence-corrected chi connectivity index (χ4v) is 0.938. The van der Waals surface area contributed by atoms with Crippen LogP contribution in [-0.4, -0.2) is 29.0 Å². The number of hydrogen-bond acceptors (Lipinski definition) is 4. The van der Waals surface area contributed by atoms with E-state index in [0.29, 0.717) is 4.90 Å². The van der Waals surface area contributed by atoms with Gasteiger partial charge in [0.05, 0.1) is 6.42 Å². The summed E-state index contributed by atoms with van der Waals surface area (Å²) in [6, 6.07) is -0.891. The topological polar surface area (TPSA) is 89.7 Å². The molecule has 1 rings (SSSR count). The number of carbonyl (C=O) groups excluding carboxylic acids is 3. The van der Waals surface area contributed by atoms with E-state index in [9.17, 15) is 14.4 Å². The third kappa shape index (κ3) is 1.36. The molecule has 1 fully saturated rings. The molecule has 0 aromatic heterocycles. The summed E-state index contributed by atoms with van der Waals surface area (Å²) in [6.45, 7) is 1.20. The summed E-state index contributed by atoms with van der Waals surface area (Å²) in [5.41, 5.74) is 4.83. The predicted molar refractivity (Wildman–Crippen MR) is 36.6 cm³/mol. The zero-order chi connectivity index (χ0) is 9.30. The van der Waals surface area contributed by atoms with Gasteiger partial charge >= 0.3 is 12.0 Å². The number of rotatable bonds is 1. The quantitative estimate of drug-likeness (QED) is 0.413. The maximum Gasteiger partial charge on any atom is 0.324 e. The number of urea groups is 1. The van der Waals surface area contributed by atoms with Crippen molar-refractivity contribution >= 4 is 17.9 Å². The van der Waals surface area contributed by atoms with Gasteiger partial charge in [-0.05, 0) is 0 Å². The van der Waals surface area contributed by atoms with E-state index >= 15 is 0 Å². The zero-order valence-electron chi connectivity index (χ0n) is 6.44. The van der Waals surface area contributed by atoms with E-state index in [1.807, 2.05) is 0 Å². The van der Waals surface area contributed by atoms with Gasteiger partial charge in [-0.25, -0.2) is 9.69 Å². The second-order valence-electron chi connectivity index (χ2n) is 2.37. The van der Waals surface area contributed by atoms with Crippen molar-refractivity contribution in [1.29, 1.82) is 0 Å². The lowest BCUT2D eigenvalue weighted by Gasteiger charge is -2.35. The molecule has 12 heavy (non-hydrogen) atoms. The summed E-state index contributed by atoms with van der Waals surface area (Å²) in [7, 11) is 0. The Balaban J connectivity index is 2.54. The van der Waals surface area contributed by atoms with Gasteiger partial charge in [0.1, 0.15) is 0 Å². The van der Waals surface area contributed by atoms with E-state index in [1.165, 1.54) is 6.92 Å². The second-order valence-corrected chi connectivity index (χ2v) is 2.37. The number of nitrogens with two attached hydrogens (primary N) is 1. The molecule has 0 unspecified atom stereocenters. The van der Waals surface area contributed by atoms with E-state index < -0.39 is 24.1 Å². The lowest BCUT2D eigenvalue weighted by Crippen LogP contribution is -2.59. The number of primary amides is 1. The van der Waals surface area contributed by atoms with E-state index in [-0.39, 0.29) is 6.42 Å². The summed E-state index contributed by atoms with van der Waals surface area (Å²) in [6.07, 6.45) is -0.768. The number of imide groups is 1. The van der Waals surface area contributed by atoms with Crippen LogP contribution in [0, 0.1) is 0 Å². The number of carbonyl (C=O) groups is 3. The van der Waals surface area contributed by atoms with Crippen molar-refractivity contribution in [1.82, 2.24) is 4.90 Å². The molecule has 1 aliphatic rings. The van der Waals surface area contributed by atoms with Gasteiger partial charge in [0.15, 0.2) is 6.23 Å². The molecule has 0 spiro atoms. The Morgan fingerprint density at radius 2 is 2.25 bits per heavy atom. The number of ether oxygens (including phenoxy) is 1. The molecule has 0 aliphatic carbocycles. The molecule has 2 N–H and O–H groups in total. The minimum absolute atomic E-state index is 0.0303. The monoisotopic (exact) mass is 172 g/mol. The van der Waals surface area contributed by atoms with Crippen LogP contribution in [0.5, 0.6) is 0 Å². The standard InChI is InChI=1S/C6H8N2O4/c1-3(9)12-5-2-4(10)8(5)6(7)11/h5H,2H2,1H3,(H2,7,11)/t5-/m0/s1. The Kier molecular flexibility index (Phi) is 1.99. The minimum atomic E-state index is -0.891. The van der Waals surface area contributed by atoms with E-state index in [4.69, 9.17) is 5.73 Å². The SMILES string of the molecule is CC(=O)O[C@H]1CC(=O)N1C(N)=O. The molecule has 1 aliphatic heterocycles. The Morgan fingerprint density at radius 1 is 1.67 bits per heavy atom. The largest absolute Gasteiger partial charge is 0.441 e. The molecule has 1 heterocycles. The van der Waals surface area contributed by atoms with Crippen LogP contribution in [0.2, 0.25) is 0 Å². The number of β-lactam (4-membered cyclic amide) rings is 1. The average molecular weight is 172 g/mol. The molecule has 6 heteroatoms. The third-order valence-corrected chi connectivity index (χ3v) is 1.45. The summed E-state index contributed by atoms with van der Waals surface area (Å²) in [5.74, 6) is -0.965. The van der Waals surface area contributed by atoms with Crippen LogP contribution in [0.1, 0.15) is 13.3 Å². The molecule has 1 atom stereocenters. The maximum atomic E-state index is 10.7. The fourth-order valence-electron chi connectivity index (χ4n) is 0.938. The molecule has 0 bridgehead atoms. The summed E-state index contributed by atoms with van der Waals surface area (Å²) < 4.78 is 4.60. The first-order chi connectivity index (χ1) is 5.52. The van der Waals surface area contributed by atoms with Gasteiger partial charge in [-0.1, -0.05) is 0 Å². The van der Waals surface area contributed by atoms with Crippen molar-refractivity contribution in [2.45, 2.75) is 19.6 Å². The van der Waals surface area contributed by atoms with Crippen LogP contribution < -0.4 is 5.73 Å². The second kappa shape index (κ2) is 2.80. The number of hydrogen-bond donors (Lipinski definition) is 1. The lowest BCUT2D eigenvalue weighted by molar-refractivity contribution is -0.174. The highest BCUT2D eigenvalue weighted by Gasteiger charge is 2.42. The van der Waals surface area contributed by atoms with Gasteiger partial charge in [0, 0.05) is 6.92 Å². The molecule has 0 aromatic carbocycles. The van der Waals surface area contributed by atoms with Gasteiger partial charge in [-0.2, -0.15) is 0 Å². The normalized spacial score (nSPS) is 21.6. The van der Waals surface area contributed by atoms with Crippen molar-refractivity contribution < 1.29 is 19.1 Å². The summed E-state index contributed by atoms with van der Waals surface area (Å²) >= 11 is 0. The zero-order valence-corrected chi connectivity index (χ0v) is 6.44. The summed E-state index contributed by atoms with van der Waals surface area (Å²) in [4.78, 5) is 32.3. The molecule has 0 radical (unpaired) electrons. The average Bonchev–Trinajstić information content (AvgIpc) is 1.82. The predicted octanol–water partition coefficient (Wildman–Crippen LogP) is -0.813. The first-order valence-electron chi connectivity index (χ1n) is 3.31. The van der Waals surface area contributed by atoms with E-state index in [2.05, 4.69) is 4.74 Å². The van der Waals surface area contributed by atoms with Crippen molar-refractivity contribution in [3.05, 3.63) is 0 Å². The van der Waals surface area contributed by atoms with Crippen molar-refractivity contribution in [3.63, 3.8) is 0 Å². The first kappa shape index (κ1) is 8.51. The van der Waals surface area contributed by atoms with E-state index in [1.54, 1.807) is 0 Å². The first-order valence-corrected chi connectivity index (χ1v) is 3.31. The fraction of sp³-hybridized carbons (Fsp3) is 0.500. The Labute approximate surface area is 68.3 Å². The van der Waals surface area contributed by atoms with Crippen molar-refractivity contribution in [3.8, 4) is 0 Å². The van der Waals surface area contributed by atoms with Crippen molar-refractivity contribution in [2.75, 3.05) is 0 Å². The Bertz CT molecular complexity index is 242. The number of esters is 1. The molecule has 66 valence electrons. The van der Waals surface area contributed by atoms with Crippen LogP contribution >= 0.6 is 0 Å². The molecule has 0 saturated carbocycles. The van der Waals surface area contributed by atoms with Gasteiger partial charge < -0.3 is 10.5 Å². The minimum Gasteiger partial charge on any atom is -0.441 e. The van der Waals surface area contributed by atoms with Crippen LogP contribution in [-0.2, 0) is 14.3 Å². The number of amides is 3. The van der Waals surface area contributed by atoms with Gasteiger partial charge in [0.25, 0.3) is 0 Å². The lowest BCUT2D eigenvalue weighted by atomic mass is 10.2. The van der Waals surface area contributed by atoms with Crippen LogP contribution in [0.25, 0.3) is 0 Å². The molecule has 0 aromatic rings. The molecule has 6 nitrogen and oxygen atoms in total. The van der Waals surface area contributed by atoms with E-state index in [0.717, 1.165) is 0 Å². The highest BCUT2D eigenvalue weighted by atomic mass is 16.6. The van der Waals surface area contributed by atoms with Crippen LogP contribution in [0.3, 0.4) is 0 Å². The Morgan fingerprint density at radius 3 is 2.58 bits per heavy atom. The highest BCUT2D eigenvalue weighted by Crippen LogP contribution is 2.19.